The number of anilines is 2. The minimum absolute atomic E-state index is 0.202. The highest BCUT2D eigenvalue weighted by Gasteiger charge is 2.14. The van der Waals surface area contributed by atoms with Crippen LogP contribution in [0.5, 0.6) is 0 Å². The number of hydrogen-bond donors (Lipinski definition) is 3. The fourth-order valence-corrected chi connectivity index (χ4v) is 3.54. The molecule has 0 amide bonds. The predicted octanol–water partition coefficient (Wildman–Crippen LogP) is 3.58. The van der Waals surface area contributed by atoms with Gasteiger partial charge in [0.2, 0.25) is 0 Å². The summed E-state index contributed by atoms with van der Waals surface area (Å²) in [5.74, 6) is 0. The largest absolute Gasteiger partial charge is 0.387 e. The van der Waals surface area contributed by atoms with Crippen LogP contribution in [0.4, 0.5) is 11.4 Å². The zero-order valence-electron chi connectivity index (χ0n) is 10.6. The molecule has 0 bridgehead atoms. The summed E-state index contributed by atoms with van der Waals surface area (Å²) in [5, 5.41) is 2.95. The lowest BCUT2D eigenvalue weighted by molar-refractivity contribution is 0.601. The molecule has 0 radical (unpaired) electrons. The van der Waals surface area contributed by atoms with E-state index in [1.54, 1.807) is 49.5 Å². The van der Waals surface area contributed by atoms with Crippen molar-refractivity contribution in [2.24, 2.45) is 0 Å². The minimum Gasteiger partial charge on any atom is -0.387 e. The molecule has 0 aliphatic heterocycles. The van der Waals surface area contributed by atoms with Crippen molar-refractivity contribution in [3.8, 4) is 0 Å². The van der Waals surface area contributed by atoms with Gasteiger partial charge in [-0.3, -0.25) is 4.72 Å². The Balaban J connectivity index is 2.33. The van der Waals surface area contributed by atoms with Crippen LogP contribution in [0.2, 0.25) is 0 Å². The van der Waals surface area contributed by atoms with Gasteiger partial charge in [0.15, 0.2) is 0 Å². The minimum atomic E-state index is -3.61. The Hall–Kier alpha value is -1.18. The van der Waals surface area contributed by atoms with Crippen molar-refractivity contribution in [1.29, 1.82) is 0 Å². The third-order valence-electron chi connectivity index (χ3n) is 2.62. The molecule has 0 saturated heterocycles. The first kappa shape index (κ1) is 15.2. The first-order valence-electron chi connectivity index (χ1n) is 5.71. The maximum Gasteiger partial charge on any atom is 0.261 e. The van der Waals surface area contributed by atoms with Gasteiger partial charge in [0, 0.05) is 22.1 Å². The van der Waals surface area contributed by atoms with Gasteiger partial charge in [0.25, 0.3) is 10.0 Å². The van der Waals surface area contributed by atoms with Crippen molar-refractivity contribution in [3.63, 3.8) is 0 Å². The molecule has 106 valence electrons. The molecule has 2 N–H and O–H groups in total. The maximum absolute atomic E-state index is 12.3. The Morgan fingerprint density at radius 2 is 1.90 bits per heavy atom. The molecule has 0 aliphatic carbocycles. The molecular weight excluding hydrogens is 360 g/mol. The second-order valence-corrected chi connectivity index (χ2v) is 7.12. The molecule has 7 heteroatoms. The van der Waals surface area contributed by atoms with Crippen molar-refractivity contribution >= 4 is 50.0 Å². The van der Waals surface area contributed by atoms with Gasteiger partial charge in [-0.2, -0.15) is 0 Å². The molecule has 0 spiro atoms. The highest BCUT2D eigenvalue weighted by Crippen LogP contribution is 2.25. The quantitative estimate of drug-likeness (QED) is 0.718. The summed E-state index contributed by atoms with van der Waals surface area (Å²) in [6.07, 6.45) is 0. The molecule has 0 aliphatic rings. The highest BCUT2D eigenvalue weighted by molar-refractivity contribution is 9.10. The topological polar surface area (TPSA) is 58.2 Å². The van der Waals surface area contributed by atoms with Gasteiger partial charge in [-0.05, 0) is 36.4 Å². The molecule has 0 atom stereocenters. The summed E-state index contributed by atoms with van der Waals surface area (Å²) in [5.41, 5.74) is 1.23. The van der Waals surface area contributed by atoms with Gasteiger partial charge in [-0.1, -0.05) is 22.0 Å². The van der Waals surface area contributed by atoms with Crippen molar-refractivity contribution < 1.29 is 8.42 Å². The van der Waals surface area contributed by atoms with Crippen LogP contribution in [0, 0.1) is 0 Å². The van der Waals surface area contributed by atoms with E-state index in [0.29, 0.717) is 10.2 Å². The third kappa shape index (κ3) is 3.47. The van der Waals surface area contributed by atoms with Crippen LogP contribution in [-0.4, -0.2) is 15.5 Å². The van der Waals surface area contributed by atoms with Crippen molar-refractivity contribution in [2.75, 3.05) is 17.1 Å². The Bertz CT molecular complexity index is 733. The number of halogens is 1. The zero-order chi connectivity index (χ0) is 14.8. The molecule has 2 rings (SSSR count). The maximum atomic E-state index is 12.3. The van der Waals surface area contributed by atoms with Crippen LogP contribution in [0.1, 0.15) is 0 Å². The average molecular weight is 373 g/mol. The second-order valence-electron chi connectivity index (χ2n) is 4.04. The lowest BCUT2D eigenvalue weighted by Gasteiger charge is -2.11. The highest BCUT2D eigenvalue weighted by atomic mass is 79.9. The first-order chi connectivity index (χ1) is 9.42. The monoisotopic (exact) mass is 372 g/mol. The number of rotatable bonds is 4. The van der Waals surface area contributed by atoms with E-state index in [9.17, 15) is 8.42 Å². The number of thiol groups is 1. The normalized spacial score (nSPS) is 11.2. The summed E-state index contributed by atoms with van der Waals surface area (Å²) < 4.78 is 27.8. The summed E-state index contributed by atoms with van der Waals surface area (Å²) in [4.78, 5) is 0.950. The molecule has 0 unspecified atom stereocenters. The van der Waals surface area contributed by atoms with Gasteiger partial charge >= 0.3 is 0 Å². The number of nitrogens with one attached hydrogen (secondary N) is 2. The van der Waals surface area contributed by atoms with E-state index in [1.165, 1.54) is 0 Å². The summed E-state index contributed by atoms with van der Waals surface area (Å²) in [6, 6.07) is 11.6. The van der Waals surface area contributed by atoms with Gasteiger partial charge in [0.05, 0.1) is 10.6 Å². The van der Waals surface area contributed by atoms with Gasteiger partial charge in [-0.15, -0.1) is 12.6 Å². The summed E-state index contributed by atoms with van der Waals surface area (Å²) in [7, 11) is -1.85. The van der Waals surface area contributed by atoms with Crippen LogP contribution in [0.25, 0.3) is 0 Å². The molecule has 2 aromatic rings. The standard InChI is InChI=1S/C13H13BrN2O2S2/c1-15-12-8-10(5-6-13(12)19)16-20(17,18)11-4-2-3-9(14)7-11/h2-8,15-16,19H,1H3. The first-order valence-corrected chi connectivity index (χ1v) is 8.44. The van der Waals surface area contributed by atoms with E-state index in [2.05, 4.69) is 38.6 Å². The molecule has 0 aromatic heterocycles. The van der Waals surface area contributed by atoms with Crippen molar-refractivity contribution in [1.82, 2.24) is 0 Å². The van der Waals surface area contributed by atoms with Crippen LogP contribution in [0.3, 0.4) is 0 Å². The Labute approximate surface area is 132 Å². The Kier molecular flexibility index (Phi) is 4.62. The van der Waals surface area contributed by atoms with Crippen LogP contribution in [0.15, 0.2) is 56.7 Å². The van der Waals surface area contributed by atoms with E-state index < -0.39 is 10.0 Å². The zero-order valence-corrected chi connectivity index (χ0v) is 13.9. The number of sulfonamides is 1. The van der Waals surface area contributed by atoms with E-state index in [-0.39, 0.29) is 4.90 Å². The Morgan fingerprint density at radius 3 is 2.55 bits per heavy atom. The summed E-state index contributed by atoms with van der Waals surface area (Å²) >= 11 is 7.53. The van der Waals surface area contributed by atoms with E-state index in [0.717, 1.165) is 10.6 Å². The molecular formula is C13H13BrN2O2S2. The predicted molar refractivity (Wildman–Crippen MR) is 88.2 cm³/mol. The van der Waals surface area contributed by atoms with Crippen LogP contribution >= 0.6 is 28.6 Å². The number of benzene rings is 2. The molecule has 0 fully saturated rings. The third-order valence-corrected chi connectivity index (χ3v) is 4.89. The average Bonchev–Trinajstić information content (AvgIpc) is 2.40. The van der Waals surface area contributed by atoms with Gasteiger partial charge < -0.3 is 5.32 Å². The molecule has 2 aromatic carbocycles. The van der Waals surface area contributed by atoms with Crippen molar-refractivity contribution in [3.05, 3.63) is 46.9 Å². The lowest BCUT2D eigenvalue weighted by Crippen LogP contribution is -2.13. The van der Waals surface area contributed by atoms with E-state index >= 15 is 0 Å². The summed E-state index contributed by atoms with van der Waals surface area (Å²) in [6.45, 7) is 0. The lowest BCUT2D eigenvalue weighted by atomic mass is 10.3. The SMILES string of the molecule is CNc1cc(NS(=O)(=O)c2cccc(Br)c2)ccc1S. The fraction of sp³-hybridized carbons (Fsp3) is 0.0769. The molecule has 20 heavy (non-hydrogen) atoms. The number of hydrogen-bond acceptors (Lipinski definition) is 4. The molecule has 0 saturated carbocycles. The smallest absolute Gasteiger partial charge is 0.261 e. The van der Waals surface area contributed by atoms with E-state index in [1.807, 2.05) is 0 Å². The van der Waals surface area contributed by atoms with Crippen LogP contribution < -0.4 is 10.0 Å². The molecule has 4 nitrogen and oxygen atoms in total. The van der Waals surface area contributed by atoms with Crippen LogP contribution in [-0.2, 0) is 10.0 Å². The van der Waals surface area contributed by atoms with Crippen molar-refractivity contribution in [2.45, 2.75) is 9.79 Å². The van der Waals surface area contributed by atoms with E-state index in [4.69, 9.17) is 0 Å². The molecule has 0 heterocycles. The Morgan fingerprint density at radius 1 is 1.15 bits per heavy atom. The van der Waals surface area contributed by atoms with Gasteiger partial charge in [-0.25, -0.2) is 8.42 Å². The van der Waals surface area contributed by atoms with Gasteiger partial charge in [0.1, 0.15) is 0 Å². The second kappa shape index (κ2) is 6.07. The fourth-order valence-electron chi connectivity index (χ4n) is 1.65.